The summed E-state index contributed by atoms with van der Waals surface area (Å²) in [6.07, 6.45) is 1.60. The van der Waals surface area contributed by atoms with Crippen LogP contribution in [0.1, 0.15) is 34.1 Å². The van der Waals surface area contributed by atoms with E-state index in [-0.39, 0.29) is 0 Å². The van der Waals surface area contributed by atoms with Crippen molar-refractivity contribution in [3.63, 3.8) is 0 Å². The van der Waals surface area contributed by atoms with E-state index in [2.05, 4.69) is 33.0 Å². The minimum atomic E-state index is -1.44. The Labute approximate surface area is 102 Å². The fourth-order valence-corrected chi connectivity index (χ4v) is 5.57. The third-order valence-corrected chi connectivity index (χ3v) is 7.89. The van der Waals surface area contributed by atoms with Crippen LogP contribution in [0.3, 0.4) is 0 Å². The van der Waals surface area contributed by atoms with Gasteiger partial charge in [0.25, 0.3) is 0 Å². The smallest absolute Gasteiger partial charge is 0.192 e. The number of nitrogens with one attached hydrogen (secondary N) is 1. The summed E-state index contributed by atoms with van der Waals surface area (Å²) in [5.41, 5.74) is 5.44. The standard InChI is InChI=1S/C12H30N2OSi/c1-5-16(6-2,15-12(3)4)11-7-9-14-10-8-13/h12,14H,5-11,13H2,1-4H3. The van der Waals surface area contributed by atoms with E-state index in [1.54, 1.807) is 0 Å². The molecule has 0 bridgehead atoms. The lowest BCUT2D eigenvalue weighted by Gasteiger charge is -2.31. The lowest BCUT2D eigenvalue weighted by atomic mass is 10.5. The monoisotopic (exact) mass is 246 g/mol. The molecule has 16 heavy (non-hydrogen) atoms. The molecule has 0 saturated carbocycles. The van der Waals surface area contributed by atoms with Gasteiger partial charge in [0.2, 0.25) is 0 Å². The molecule has 0 saturated heterocycles. The van der Waals surface area contributed by atoms with Crippen LogP contribution in [0.2, 0.25) is 18.1 Å². The zero-order chi connectivity index (χ0) is 12.4. The van der Waals surface area contributed by atoms with Crippen molar-refractivity contribution in [1.82, 2.24) is 5.32 Å². The van der Waals surface area contributed by atoms with Crippen LogP contribution in [0.5, 0.6) is 0 Å². The van der Waals surface area contributed by atoms with Crippen LogP contribution in [-0.2, 0) is 4.43 Å². The molecule has 0 fully saturated rings. The molecule has 0 aromatic carbocycles. The van der Waals surface area contributed by atoms with E-state index in [4.69, 9.17) is 10.2 Å². The fourth-order valence-electron chi connectivity index (χ4n) is 2.09. The third kappa shape index (κ3) is 6.63. The lowest BCUT2D eigenvalue weighted by Crippen LogP contribution is -2.39. The molecule has 0 radical (unpaired) electrons. The average Bonchev–Trinajstić information content (AvgIpc) is 2.26. The Hall–Kier alpha value is 0.0969. The summed E-state index contributed by atoms with van der Waals surface area (Å²) < 4.78 is 6.23. The van der Waals surface area contributed by atoms with Crippen LogP contribution in [0, 0.1) is 0 Å². The number of nitrogens with two attached hydrogens (primary N) is 1. The first-order chi connectivity index (χ1) is 7.60. The van der Waals surface area contributed by atoms with Crippen molar-refractivity contribution in [2.45, 2.75) is 58.4 Å². The molecule has 0 aliphatic carbocycles. The summed E-state index contributed by atoms with van der Waals surface area (Å²) >= 11 is 0. The van der Waals surface area contributed by atoms with Crippen molar-refractivity contribution < 1.29 is 4.43 Å². The molecule has 0 unspecified atom stereocenters. The van der Waals surface area contributed by atoms with Gasteiger partial charge in [-0.05, 0) is 44.9 Å². The van der Waals surface area contributed by atoms with Crippen molar-refractivity contribution >= 4 is 8.32 Å². The van der Waals surface area contributed by atoms with Gasteiger partial charge in [0.15, 0.2) is 8.32 Å². The summed E-state index contributed by atoms with van der Waals surface area (Å²) in [5, 5.41) is 3.35. The zero-order valence-electron chi connectivity index (χ0n) is 11.5. The van der Waals surface area contributed by atoms with E-state index in [1.165, 1.54) is 24.6 Å². The van der Waals surface area contributed by atoms with Crippen LogP contribution in [0.25, 0.3) is 0 Å². The van der Waals surface area contributed by atoms with Crippen molar-refractivity contribution in [3.05, 3.63) is 0 Å². The first-order valence-corrected chi connectivity index (χ1v) is 9.21. The van der Waals surface area contributed by atoms with Gasteiger partial charge in [-0.2, -0.15) is 0 Å². The Balaban J connectivity index is 3.92. The molecule has 3 nitrogen and oxygen atoms in total. The number of rotatable bonds is 10. The second kappa shape index (κ2) is 9.16. The Morgan fingerprint density at radius 1 is 1.19 bits per heavy atom. The molecule has 98 valence electrons. The lowest BCUT2D eigenvalue weighted by molar-refractivity contribution is 0.224. The van der Waals surface area contributed by atoms with E-state index >= 15 is 0 Å². The van der Waals surface area contributed by atoms with Gasteiger partial charge >= 0.3 is 0 Å². The molecule has 0 aromatic heterocycles. The Kier molecular flexibility index (Phi) is 9.22. The maximum absolute atomic E-state index is 6.23. The third-order valence-electron chi connectivity index (χ3n) is 3.08. The van der Waals surface area contributed by atoms with Crippen LogP contribution in [-0.4, -0.2) is 34.1 Å². The van der Waals surface area contributed by atoms with Crippen molar-refractivity contribution in [3.8, 4) is 0 Å². The van der Waals surface area contributed by atoms with Crippen LogP contribution in [0.4, 0.5) is 0 Å². The van der Waals surface area contributed by atoms with Crippen LogP contribution >= 0.6 is 0 Å². The summed E-state index contributed by atoms with van der Waals surface area (Å²) in [7, 11) is -1.44. The van der Waals surface area contributed by atoms with Gasteiger partial charge in [-0.15, -0.1) is 0 Å². The van der Waals surface area contributed by atoms with E-state index in [1.807, 2.05) is 0 Å². The Morgan fingerprint density at radius 2 is 1.81 bits per heavy atom. The number of hydrogen-bond acceptors (Lipinski definition) is 3. The maximum atomic E-state index is 6.23. The first kappa shape index (κ1) is 16.1. The molecule has 0 aliphatic rings. The van der Waals surface area contributed by atoms with E-state index in [0.717, 1.165) is 19.6 Å². The molecule has 0 aliphatic heterocycles. The van der Waals surface area contributed by atoms with E-state index < -0.39 is 8.32 Å². The normalized spacial score (nSPS) is 12.4. The molecule has 0 spiro atoms. The minimum Gasteiger partial charge on any atom is -0.415 e. The summed E-state index contributed by atoms with van der Waals surface area (Å²) in [4.78, 5) is 0. The van der Waals surface area contributed by atoms with E-state index in [0.29, 0.717) is 6.10 Å². The highest BCUT2D eigenvalue weighted by atomic mass is 28.4. The Morgan fingerprint density at radius 3 is 2.25 bits per heavy atom. The molecule has 0 heterocycles. The molecular weight excluding hydrogens is 216 g/mol. The topological polar surface area (TPSA) is 47.3 Å². The molecule has 3 N–H and O–H groups in total. The van der Waals surface area contributed by atoms with Gasteiger partial charge in [-0.3, -0.25) is 0 Å². The van der Waals surface area contributed by atoms with Gasteiger partial charge < -0.3 is 15.5 Å². The van der Waals surface area contributed by atoms with Gasteiger partial charge in [0.1, 0.15) is 0 Å². The van der Waals surface area contributed by atoms with E-state index in [9.17, 15) is 0 Å². The summed E-state index contributed by atoms with van der Waals surface area (Å²) in [6, 6.07) is 3.74. The van der Waals surface area contributed by atoms with Crippen LogP contribution < -0.4 is 11.1 Å². The molecule has 0 amide bonds. The molecule has 4 heteroatoms. The van der Waals surface area contributed by atoms with Crippen LogP contribution in [0.15, 0.2) is 0 Å². The van der Waals surface area contributed by atoms with Gasteiger partial charge in [-0.1, -0.05) is 13.8 Å². The second-order valence-electron chi connectivity index (χ2n) is 4.70. The predicted octanol–water partition coefficient (Wildman–Crippen LogP) is 2.34. The average molecular weight is 246 g/mol. The number of hydrogen-bond donors (Lipinski definition) is 2. The highest BCUT2D eigenvalue weighted by Crippen LogP contribution is 2.25. The Bertz CT molecular complexity index is 161. The molecular formula is C12H30N2OSi. The summed E-state index contributed by atoms with van der Waals surface area (Å²) in [5.74, 6) is 0. The maximum Gasteiger partial charge on any atom is 0.192 e. The largest absolute Gasteiger partial charge is 0.415 e. The van der Waals surface area contributed by atoms with Gasteiger partial charge in [0, 0.05) is 19.2 Å². The summed E-state index contributed by atoms with van der Waals surface area (Å²) in [6.45, 7) is 11.6. The quantitative estimate of drug-likeness (QED) is 0.459. The molecule has 0 atom stereocenters. The zero-order valence-corrected chi connectivity index (χ0v) is 12.5. The first-order valence-electron chi connectivity index (χ1n) is 6.68. The van der Waals surface area contributed by atoms with Crippen molar-refractivity contribution in [2.24, 2.45) is 5.73 Å². The fraction of sp³-hybridized carbons (Fsp3) is 1.00. The van der Waals surface area contributed by atoms with Gasteiger partial charge in [-0.25, -0.2) is 0 Å². The van der Waals surface area contributed by atoms with Crippen molar-refractivity contribution in [2.75, 3.05) is 19.6 Å². The highest BCUT2D eigenvalue weighted by Gasteiger charge is 2.31. The van der Waals surface area contributed by atoms with Gasteiger partial charge in [0.05, 0.1) is 0 Å². The molecule has 0 rings (SSSR count). The predicted molar refractivity (Wildman–Crippen MR) is 74.3 cm³/mol. The SMILES string of the molecule is CC[Si](CC)(CCCNCCN)OC(C)C. The minimum absolute atomic E-state index is 0.378. The van der Waals surface area contributed by atoms with Crippen molar-refractivity contribution in [1.29, 1.82) is 0 Å². The molecule has 0 aromatic rings. The second-order valence-corrected chi connectivity index (χ2v) is 9.21. The highest BCUT2D eigenvalue weighted by molar-refractivity contribution is 6.73.